The van der Waals surface area contributed by atoms with Gasteiger partial charge in [-0.2, -0.15) is 0 Å². The molecule has 0 bridgehead atoms. The Morgan fingerprint density at radius 2 is 0.865 bits per heavy atom. The van der Waals surface area contributed by atoms with Crippen LogP contribution < -0.4 is 0 Å². The maximum Gasteiger partial charge on any atom is 0.0998 e. The van der Waals surface area contributed by atoms with Gasteiger partial charge in [-0.15, -0.1) is 11.3 Å². The Labute approximate surface area is 232 Å². The SMILES string of the molecule is CCCCCCCCCCCOC(C)c1nc2cscc2nc1C(C)OCCCCCCCCCCC. The van der Waals surface area contributed by atoms with Gasteiger partial charge in [0.1, 0.15) is 0 Å². The predicted octanol–water partition coefficient (Wildman–Crippen LogP) is 10.9. The van der Waals surface area contributed by atoms with Crippen LogP contribution in [-0.4, -0.2) is 23.2 Å². The molecule has 5 heteroatoms. The summed E-state index contributed by atoms with van der Waals surface area (Å²) in [5, 5.41) is 4.16. The molecule has 0 aromatic carbocycles. The summed E-state index contributed by atoms with van der Waals surface area (Å²) in [6.07, 6.45) is 23.7. The molecule has 0 N–H and O–H groups in total. The highest BCUT2D eigenvalue weighted by Gasteiger charge is 2.21. The number of nitrogens with zero attached hydrogens (tertiary/aromatic N) is 2. The molecule has 2 unspecified atom stereocenters. The van der Waals surface area contributed by atoms with Crippen LogP contribution in [0.15, 0.2) is 10.8 Å². The average Bonchev–Trinajstić information content (AvgIpc) is 3.37. The number of ether oxygens (including phenoxy) is 2. The van der Waals surface area contributed by atoms with Crippen molar-refractivity contribution in [2.75, 3.05) is 13.2 Å². The first-order valence-electron chi connectivity index (χ1n) is 15.6. The minimum Gasteiger partial charge on any atom is -0.372 e. The van der Waals surface area contributed by atoms with Crippen molar-refractivity contribution in [2.24, 2.45) is 0 Å². The van der Waals surface area contributed by atoms with E-state index in [1.54, 1.807) is 11.3 Å². The van der Waals surface area contributed by atoms with Crippen LogP contribution in [0.3, 0.4) is 0 Å². The van der Waals surface area contributed by atoms with Crippen molar-refractivity contribution in [1.29, 1.82) is 0 Å². The van der Waals surface area contributed by atoms with E-state index in [0.29, 0.717) is 0 Å². The Morgan fingerprint density at radius 3 is 1.22 bits per heavy atom. The number of aromatic nitrogens is 2. The van der Waals surface area contributed by atoms with Crippen molar-refractivity contribution in [3.63, 3.8) is 0 Å². The summed E-state index contributed by atoms with van der Waals surface area (Å²) < 4.78 is 12.5. The van der Waals surface area contributed by atoms with Gasteiger partial charge in [0.2, 0.25) is 0 Å². The number of fused-ring (bicyclic) bond motifs is 1. The number of hydrogen-bond donors (Lipinski definition) is 0. The van der Waals surface area contributed by atoms with Crippen LogP contribution in [-0.2, 0) is 9.47 Å². The van der Waals surface area contributed by atoms with E-state index in [-0.39, 0.29) is 12.2 Å². The van der Waals surface area contributed by atoms with Gasteiger partial charge in [0.25, 0.3) is 0 Å². The molecule has 4 nitrogen and oxygen atoms in total. The van der Waals surface area contributed by atoms with E-state index in [1.807, 2.05) is 0 Å². The highest BCUT2D eigenvalue weighted by atomic mass is 32.1. The second-order valence-corrected chi connectivity index (χ2v) is 11.6. The van der Waals surface area contributed by atoms with E-state index in [4.69, 9.17) is 19.4 Å². The summed E-state index contributed by atoms with van der Waals surface area (Å²) in [5.41, 5.74) is 3.82. The van der Waals surface area contributed by atoms with Gasteiger partial charge in [-0.1, -0.05) is 117 Å². The Morgan fingerprint density at radius 1 is 0.541 bits per heavy atom. The molecule has 2 rings (SSSR count). The molecular formula is C32H56N2O2S. The zero-order valence-corrected chi connectivity index (χ0v) is 25.4. The third-order valence-corrected chi connectivity index (χ3v) is 8.09. The fourth-order valence-electron chi connectivity index (χ4n) is 4.93. The number of thiophene rings is 1. The molecule has 2 atom stereocenters. The van der Waals surface area contributed by atoms with Gasteiger partial charge in [0.15, 0.2) is 0 Å². The maximum atomic E-state index is 6.25. The first-order chi connectivity index (χ1) is 18.2. The molecule has 2 aromatic heterocycles. The lowest BCUT2D eigenvalue weighted by molar-refractivity contribution is 0.0427. The van der Waals surface area contributed by atoms with Crippen molar-refractivity contribution in [3.8, 4) is 0 Å². The van der Waals surface area contributed by atoms with Crippen LogP contribution in [0.2, 0.25) is 0 Å². The fourth-order valence-corrected chi connectivity index (χ4v) is 5.60. The van der Waals surface area contributed by atoms with Crippen molar-refractivity contribution < 1.29 is 9.47 Å². The molecule has 37 heavy (non-hydrogen) atoms. The maximum absolute atomic E-state index is 6.25. The summed E-state index contributed by atoms with van der Waals surface area (Å²) in [4.78, 5) is 9.92. The van der Waals surface area contributed by atoms with E-state index >= 15 is 0 Å². The number of rotatable bonds is 24. The van der Waals surface area contributed by atoms with E-state index in [9.17, 15) is 0 Å². The highest BCUT2D eigenvalue weighted by molar-refractivity contribution is 7.09. The topological polar surface area (TPSA) is 44.2 Å². The third kappa shape index (κ3) is 13.5. The number of unbranched alkanes of at least 4 members (excludes halogenated alkanes) is 16. The van der Waals surface area contributed by atoms with Crippen molar-refractivity contribution in [2.45, 2.75) is 155 Å². The molecule has 0 saturated carbocycles. The van der Waals surface area contributed by atoms with Gasteiger partial charge < -0.3 is 9.47 Å². The van der Waals surface area contributed by atoms with Crippen LogP contribution >= 0.6 is 11.3 Å². The number of hydrogen-bond acceptors (Lipinski definition) is 5. The van der Waals surface area contributed by atoms with E-state index in [0.717, 1.165) is 48.5 Å². The second-order valence-electron chi connectivity index (χ2n) is 10.8. The molecule has 212 valence electrons. The van der Waals surface area contributed by atoms with E-state index in [1.165, 1.54) is 103 Å². The predicted molar refractivity (Wildman–Crippen MR) is 161 cm³/mol. The Bertz CT molecular complexity index is 745. The zero-order chi connectivity index (χ0) is 26.6. The van der Waals surface area contributed by atoms with Crippen molar-refractivity contribution >= 4 is 22.4 Å². The largest absolute Gasteiger partial charge is 0.372 e. The molecule has 2 aromatic rings. The average molecular weight is 533 g/mol. The van der Waals surface area contributed by atoms with Gasteiger partial charge in [-0.25, -0.2) is 9.97 Å². The van der Waals surface area contributed by atoms with Crippen LogP contribution in [0.25, 0.3) is 11.0 Å². The summed E-state index contributed by atoms with van der Waals surface area (Å²) in [6, 6.07) is 0. The Balaban J connectivity index is 1.72. The van der Waals surface area contributed by atoms with Crippen LogP contribution in [0, 0.1) is 0 Å². The minimum atomic E-state index is -0.0698. The fraction of sp³-hybridized carbons (Fsp3) is 0.812. The minimum absolute atomic E-state index is 0.0698. The van der Waals surface area contributed by atoms with Gasteiger partial charge in [-0.05, 0) is 26.7 Å². The zero-order valence-electron chi connectivity index (χ0n) is 24.6. The van der Waals surface area contributed by atoms with E-state index < -0.39 is 0 Å². The third-order valence-electron chi connectivity index (χ3n) is 7.37. The van der Waals surface area contributed by atoms with Crippen LogP contribution in [0.4, 0.5) is 0 Å². The first-order valence-corrected chi connectivity index (χ1v) is 16.6. The molecule has 0 aliphatic rings. The molecule has 0 amide bonds. The summed E-state index contributed by atoms with van der Waals surface area (Å²) in [6.45, 7) is 10.4. The van der Waals surface area contributed by atoms with Gasteiger partial charge in [-0.3, -0.25) is 0 Å². The van der Waals surface area contributed by atoms with Crippen LogP contribution in [0.5, 0.6) is 0 Å². The summed E-state index contributed by atoms with van der Waals surface area (Å²) in [7, 11) is 0. The molecule has 0 fully saturated rings. The second kappa shape index (κ2) is 20.9. The van der Waals surface area contributed by atoms with Gasteiger partial charge >= 0.3 is 0 Å². The van der Waals surface area contributed by atoms with Crippen LogP contribution in [0.1, 0.15) is 167 Å². The quantitative estimate of drug-likeness (QED) is 0.126. The molecule has 0 saturated heterocycles. The highest BCUT2D eigenvalue weighted by Crippen LogP contribution is 2.29. The normalized spacial score (nSPS) is 13.4. The smallest absolute Gasteiger partial charge is 0.0998 e. The van der Waals surface area contributed by atoms with Gasteiger partial charge in [0.05, 0.1) is 34.6 Å². The molecule has 2 heterocycles. The standard InChI is InChI=1S/C32H56N2O2S/c1-5-7-9-11-13-15-17-19-21-23-35-27(3)31-32(34-30-26-37-25-29(30)33-31)28(4)36-24-22-20-18-16-14-12-10-8-6-2/h25-28H,5-24H2,1-4H3. The lowest BCUT2D eigenvalue weighted by Crippen LogP contribution is -2.13. The molecule has 0 spiro atoms. The Hall–Kier alpha value is -1.04. The van der Waals surface area contributed by atoms with Crippen molar-refractivity contribution in [3.05, 3.63) is 22.1 Å². The summed E-state index contributed by atoms with van der Waals surface area (Å²) in [5.74, 6) is 0. The molecule has 0 aliphatic carbocycles. The Kier molecular flexibility index (Phi) is 18.1. The monoisotopic (exact) mass is 532 g/mol. The lowest BCUT2D eigenvalue weighted by Gasteiger charge is -2.20. The van der Waals surface area contributed by atoms with Gasteiger partial charge in [0, 0.05) is 24.0 Å². The molecule has 0 aliphatic heterocycles. The lowest BCUT2D eigenvalue weighted by atomic mass is 10.1. The first kappa shape index (κ1) is 32.2. The van der Waals surface area contributed by atoms with Crippen molar-refractivity contribution in [1.82, 2.24) is 9.97 Å². The molecule has 0 radical (unpaired) electrons. The molecular weight excluding hydrogens is 476 g/mol. The summed E-state index contributed by atoms with van der Waals surface area (Å²) >= 11 is 1.66. The van der Waals surface area contributed by atoms with E-state index in [2.05, 4.69) is 38.5 Å².